The van der Waals surface area contributed by atoms with Gasteiger partial charge in [0.1, 0.15) is 5.75 Å². The minimum atomic E-state index is 0.412. The van der Waals surface area contributed by atoms with Crippen LogP contribution in [0.2, 0.25) is 0 Å². The highest BCUT2D eigenvalue weighted by molar-refractivity contribution is 9.09. The molecule has 1 aliphatic rings. The Morgan fingerprint density at radius 2 is 1.90 bits per heavy atom. The van der Waals surface area contributed by atoms with Crippen LogP contribution in [0, 0.1) is 12.8 Å². The van der Waals surface area contributed by atoms with Crippen molar-refractivity contribution in [1.82, 2.24) is 0 Å². The van der Waals surface area contributed by atoms with Gasteiger partial charge in [-0.25, -0.2) is 0 Å². The first-order valence-corrected chi connectivity index (χ1v) is 8.46. The van der Waals surface area contributed by atoms with E-state index >= 15 is 0 Å². The van der Waals surface area contributed by atoms with E-state index in [1.165, 1.54) is 35.1 Å². The lowest BCUT2D eigenvalue weighted by Gasteiger charge is -2.29. The summed E-state index contributed by atoms with van der Waals surface area (Å²) in [5, 5.41) is 0. The van der Waals surface area contributed by atoms with E-state index in [-0.39, 0.29) is 0 Å². The van der Waals surface area contributed by atoms with E-state index in [1.807, 2.05) is 0 Å². The molecule has 3 rings (SSSR count). The van der Waals surface area contributed by atoms with Crippen molar-refractivity contribution in [3.63, 3.8) is 0 Å². The van der Waals surface area contributed by atoms with Gasteiger partial charge in [-0.15, -0.1) is 0 Å². The standard InChI is InChI=1S/C19H21BrO/c1-13-11-16(9-10-18(13)21-2)19(20)17-8-7-14-5-3-4-6-15(14)12-17/h3-6,9-11,17,19H,7-8,12H2,1-2H3. The number of alkyl halides is 1. The Hall–Kier alpha value is -1.28. The zero-order chi connectivity index (χ0) is 14.8. The molecule has 0 saturated heterocycles. The Balaban J connectivity index is 1.80. The van der Waals surface area contributed by atoms with Gasteiger partial charge in [0, 0.05) is 4.83 Å². The minimum Gasteiger partial charge on any atom is -0.496 e. The molecule has 1 nitrogen and oxygen atoms in total. The van der Waals surface area contributed by atoms with Gasteiger partial charge < -0.3 is 4.74 Å². The highest BCUT2D eigenvalue weighted by Crippen LogP contribution is 2.40. The van der Waals surface area contributed by atoms with Crippen molar-refractivity contribution in [3.8, 4) is 5.75 Å². The summed E-state index contributed by atoms with van der Waals surface area (Å²) in [6.45, 7) is 2.11. The molecule has 1 aliphatic carbocycles. The van der Waals surface area contributed by atoms with E-state index in [0.29, 0.717) is 10.7 Å². The monoisotopic (exact) mass is 344 g/mol. The molecule has 0 bridgehead atoms. The van der Waals surface area contributed by atoms with E-state index in [2.05, 4.69) is 65.3 Å². The summed E-state index contributed by atoms with van der Waals surface area (Å²) >= 11 is 3.94. The second-order valence-corrected chi connectivity index (χ2v) is 6.89. The highest BCUT2D eigenvalue weighted by Gasteiger charge is 2.25. The summed E-state index contributed by atoms with van der Waals surface area (Å²) in [6.07, 6.45) is 3.60. The first-order chi connectivity index (χ1) is 10.2. The first kappa shape index (κ1) is 14.6. The predicted molar refractivity (Wildman–Crippen MR) is 91.4 cm³/mol. The molecule has 0 aromatic heterocycles. The van der Waals surface area contributed by atoms with Crippen molar-refractivity contribution in [2.45, 2.75) is 31.0 Å². The van der Waals surface area contributed by atoms with Crippen LogP contribution >= 0.6 is 15.9 Å². The maximum absolute atomic E-state index is 5.36. The average molecular weight is 345 g/mol. The van der Waals surface area contributed by atoms with Crippen LogP contribution in [-0.2, 0) is 12.8 Å². The van der Waals surface area contributed by atoms with E-state index in [1.54, 1.807) is 7.11 Å². The van der Waals surface area contributed by atoms with Crippen LogP contribution in [0.25, 0.3) is 0 Å². The smallest absolute Gasteiger partial charge is 0.121 e. The Kier molecular flexibility index (Phi) is 4.34. The molecule has 0 fully saturated rings. The van der Waals surface area contributed by atoms with Gasteiger partial charge in [0.05, 0.1) is 7.11 Å². The lowest BCUT2D eigenvalue weighted by Crippen LogP contribution is -2.18. The largest absolute Gasteiger partial charge is 0.496 e. The van der Waals surface area contributed by atoms with Gasteiger partial charge in [-0.2, -0.15) is 0 Å². The van der Waals surface area contributed by atoms with Crippen LogP contribution in [-0.4, -0.2) is 7.11 Å². The first-order valence-electron chi connectivity index (χ1n) is 7.54. The molecule has 0 heterocycles. The number of hydrogen-bond donors (Lipinski definition) is 0. The summed E-state index contributed by atoms with van der Waals surface area (Å²) in [4.78, 5) is 0.412. The Bertz CT molecular complexity index is 635. The molecule has 0 saturated carbocycles. The van der Waals surface area contributed by atoms with Gasteiger partial charge in [-0.3, -0.25) is 0 Å². The molecule has 2 aromatic rings. The topological polar surface area (TPSA) is 9.23 Å². The summed E-state index contributed by atoms with van der Waals surface area (Å²) in [7, 11) is 1.73. The van der Waals surface area contributed by atoms with Crippen LogP contribution in [0.3, 0.4) is 0 Å². The lowest BCUT2D eigenvalue weighted by molar-refractivity contribution is 0.410. The lowest BCUT2D eigenvalue weighted by atomic mass is 9.80. The quantitative estimate of drug-likeness (QED) is 0.691. The Morgan fingerprint density at radius 1 is 1.14 bits per heavy atom. The Labute approximate surface area is 135 Å². The van der Waals surface area contributed by atoms with Crippen molar-refractivity contribution in [2.24, 2.45) is 5.92 Å². The molecule has 2 unspecified atom stereocenters. The fraction of sp³-hybridized carbons (Fsp3) is 0.368. The number of ether oxygens (including phenoxy) is 1. The van der Waals surface area contributed by atoms with E-state index in [4.69, 9.17) is 4.74 Å². The SMILES string of the molecule is COc1ccc(C(Br)C2CCc3ccccc3C2)cc1C. The van der Waals surface area contributed by atoms with Crippen molar-refractivity contribution in [1.29, 1.82) is 0 Å². The maximum atomic E-state index is 5.36. The van der Waals surface area contributed by atoms with E-state index in [0.717, 1.165) is 12.2 Å². The number of halogens is 1. The zero-order valence-corrected chi connectivity index (χ0v) is 14.2. The molecule has 0 spiro atoms. The van der Waals surface area contributed by atoms with Crippen LogP contribution in [0.15, 0.2) is 42.5 Å². The van der Waals surface area contributed by atoms with Crippen molar-refractivity contribution < 1.29 is 4.74 Å². The molecule has 2 aromatic carbocycles. The summed E-state index contributed by atoms with van der Waals surface area (Å²) in [6, 6.07) is 15.4. The van der Waals surface area contributed by atoms with Crippen LogP contribution in [0.1, 0.15) is 33.5 Å². The van der Waals surface area contributed by atoms with Crippen LogP contribution < -0.4 is 4.74 Å². The number of fused-ring (bicyclic) bond motifs is 1. The molecule has 2 heteroatoms. The number of benzene rings is 2. The molecular formula is C19H21BrO. The summed E-state index contributed by atoms with van der Waals surface area (Å²) in [5.74, 6) is 1.63. The maximum Gasteiger partial charge on any atom is 0.121 e. The van der Waals surface area contributed by atoms with Gasteiger partial charge in [-0.1, -0.05) is 52.3 Å². The predicted octanol–water partition coefficient (Wildman–Crippen LogP) is 5.24. The molecule has 2 atom stereocenters. The second kappa shape index (κ2) is 6.23. The summed E-state index contributed by atoms with van der Waals surface area (Å²) < 4.78 is 5.36. The zero-order valence-electron chi connectivity index (χ0n) is 12.6. The van der Waals surface area contributed by atoms with Gasteiger partial charge in [0.25, 0.3) is 0 Å². The van der Waals surface area contributed by atoms with Gasteiger partial charge in [-0.05, 0) is 60.4 Å². The van der Waals surface area contributed by atoms with E-state index < -0.39 is 0 Å². The highest BCUT2D eigenvalue weighted by atomic mass is 79.9. The molecule has 0 aliphatic heterocycles. The summed E-state index contributed by atoms with van der Waals surface area (Å²) in [5.41, 5.74) is 5.61. The number of aryl methyl sites for hydroxylation is 2. The molecule has 21 heavy (non-hydrogen) atoms. The number of rotatable bonds is 3. The third kappa shape index (κ3) is 3.01. The second-order valence-electron chi connectivity index (χ2n) is 5.90. The third-order valence-corrected chi connectivity index (χ3v) is 5.81. The van der Waals surface area contributed by atoms with Crippen molar-refractivity contribution >= 4 is 15.9 Å². The molecule has 0 amide bonds. The van der Waals surface area contributed by atoms with Gasteiger partial charge in [0.2, 0.25) is 0 Å². The molecule has 0 radical (unpaired) electrons. The number of hydrogen-bond acceptors (Lipinski definition) is 1. The normalized spacial score (nSPS) is 18.9. The third-order valence-electron chi connectivity index (χ3n) is 4.54. The van der Waals surface area contributed by atoms with E-state index in [9.17, 15) is 0 Å². The Morgan fingerprint density at radius 3 is 2.62 bits per heavy atom. The van der Waals surface area contributed by atoms with Crippen molar-refractivity contribution in [2.75, 3.05) is 7.11 Å². The fourth-order valence-corrected chi connectivity index (χ4v) is 4.06. The fourth-order valence-electron chi connectivity index (χ4n) is 3.32. The molecule has 0 N–H and O–H groups in total. The molecule has 110 valence electrons. The molecular weight excluding hydrogens is 324 g/mol. The van der Waals surface area contributed by atoms with Gasteiger partial charge >= 0.3 is 0 Å². The van der Waals surface area contributed by atoms with Crippen LogP contribution in [0.5, 0.6) is 5.75 Å². The average Bonchev–Trinajstić information content (AvgIpc) is 2.53. The van der Waals surface area contributed by atoms with Crippen molar-refractivity contribution in [3.05, 3.63) is 64.7 Å². The van der Waals surface area contributed by atoms with Gasteiger partial charge in [0.15, 0.2) is 0 Å². The minimum absolute atomic E-state index is 0.412. The number of methoxy groups -OCH3 is 1. The van der Waals surface area contributed by atoms with Crippen LogP contribution in [0.4, 0.5) is 0 Å².